The number of rotatable bonds is 4. The molecular weight excluding hydrogens is 326 g/mol. The number of amides is 1. The molecule has 0 spiro atoms. The van der Waals surface area contributed by atoms with Crippen LogP contribution in [-0.2, 0) is 16.8 Å². The fourth-order valence-electron chi connectivity index (χ4n) is 3.39. The molecule has 3 aromatic carbocycles. The van der Waals surface area contributed by atoms with Crippen molar-refractivity contribution in [1.82, 2.24) is 0 Å². The Hall–Kier alpha value is -3.24. The Morgan fingerprint density at radius 1 is 0.885 bits per heavy atom. The first-order valence-corrected chi connectivity index (χ1v) is 8.40. The molecule has 0 fully saturated rings. The van der Waals surface area contributed by atoms with Crippen molar-refractivity contribution in [1.29, 1.82) is 0 Å². The number of anilines is 1. The third-order valence-corrected chi connectivity index (χ3v) is 4.74. The molecule has 3 aromatic rings. The molecule has 0 saturated heterocycles. The number of para-hydroxylation sites is 1. The zero-order valence-electron chi connectivity index (χ0n) is 14.0. The number of nitrogens with one attached hydrogen (secondary N) is 1. The Labute approximate surface area is 151 Å². The molecule has 1 aliphatic rings. The SMILES string of the molecule is O=C(c1ccccc1)c1ccccc1CC1(O)C(=O)Nc2ccccc21. The molecule has 0 aliphatic carbocycles. The standard InChI is InChI=1S/C22H17NO3/c24-20(15-8-2-1-3-9-15)17-11-5-4-10-16(17)14-22(26)18-12-6-7-13-19(18)23-21(22)25/h1-13,26H,14H2,(H,23,25). The van der Waals surface area contributed by atoms with Crippen molar-refractivity contribution >= 4 is 17.4 Å². The molecule has 26 heavy (non-hydrogen) atoms. The predicted molar refractivity (Wildman–Crippen MR) is 99.0 cm³/mol. The van der Waals surface area contributed by atoms with Gasteiger partial charge in [-0.25, -0.2) is 0 Å². The summed E-state index contributed by atoms with van der Waals surface area (Å²) >= 11 is 0. The average molecular weight is 343 g/mol. The number of carbonyl (C=O) groups is 2. The first kappa shape index (κ1) is 16.2. The van der Waals surface area contributed by atoms with Gasteiger partial charge in [0.25, 0.3) is 5.91 Å². The molecule has 2 N–H and O–H groups in total. The highest BCUT2D eigenvalue weighted by Crippen LogP contribution is 2.38. The van der Waals surface area contributed by atoms with E-state index in [0.29, 0.717) is 27.9 Å². The summed E-state index contributed by atoms with van der Waals surface area (Å²) in [7, 11) is 0. The molecule has 1 amide bonds. The fraction of sp³-hybridized carbons (Fsp3) is 0.0909. The van der Waals surface area contributed by atoms with E-state index in [2.05, 4.69) is 5.32 Å². The van der Waals surface area contributed by atoms with E-state index in [4.69, 9.17) is 0 Å². The van der Waals surface area contributed by atoms with Gasteiger partial charge in [0.15, 0.2) is 11.4 Å². The number of hydrogen-bond acceptors (Lipinski definition) is 3. The van der Waals surface area contributed by atoms with E-state index in [0.717, 1.165) is 0 Å². The maximum absolute atomic E-state index is 12.9. The summed E-state index contributed by atoms with van der Waals surface area (Å²) in [6.45, 7) is 0. The van der Waals surface area contributed by atoms with Crippen LogP contribution in [0.2, 0.25) is 0 Å². The van der Waals surface area contributed by atoms with Crippen molar-refractivity contribution in [3.63, 3.8) is 0 Å². The third kappa shape index (κ3) is 2.61. The van der Waals surface area contributed by atoms with Gasteiger partial charge in [0, 0.05) is 28.8 Å². The van der Waals surface area contributed by atoms with E-state index in [1.54, 1.807) is 60.7 Å². The second-order valence-corrected chi connectivity index (χ2v) is 6.39. The van der Waals surface area contributed by atoms with Crippen LogP contribution >= 0.6 is 0 Å². The second kappa shape index (κ2) is 6.24. The van der Waals surface area contributed by atoms with Crippen LogP contribution in [0.5, 0.6) is 0 Å². The normalized spacial score (nSPS) is 18.3. The fourth-order valence-corrected chi connectivity index (χ4v) is 3.39. The molecule has 0 saturated carbocycles. The maximum atomic E-state index is 12.9. The van der Waals surface area contributed by atoms with Crippen LogP contribution in [0.3, 0.4) is 0 Å². The minimum absolute atomic E-state index is 0.0323. The minimum atomic E-state index is -1.69. The smallest absolute Gasteiger partial charge is 0.261 e. The molecule has 1 unspecified atom stereocenters. The lowest BCUT2D eigenvalue weighted by molar-refractivity contribution is -0.133. The Kier molecular flexibility index (Phi) is 3.90. The van der Waals surface area contributed by atoms with Gasteiger partial charge in [-0.2, -0.15) is 0 Å². The van der Waals surface area contributed by atoms with Crippen LogP contribution in [0.25, 0.3) is 0 Å². The van der Waals surface area contributed by atoms with Gasteiger partial charge in [-0.1, -0.05) is 72.8 Å². The van der Waals surface area contributed by atoms with E-state index < -0.39 is 11.5 Å². The summed E-state index contributed by atoms with van der Waals surface area (Å²) in [6.07, 6.45) is 0.0323. The van der Waals surface area contributed by atoms with Crippen LogP contribution < -0.4 is 5.32 Å². The Morgan fingerprint density at radius 2 is 1.54 bits per heavy atom. The molecule has 1 heterocycles. The topological polar surface area (TPSA) is 66.4 Å². The second-order valence-electron chi connectivity index (χ2n) is 6.39. The van der Waals surface area contributed by atoms with Crippen molar-refractivity contribution in [2.75, 3.05) is 5.32 Å². The lowest BCUT2D eigenvalue weighted by atomic mass is 9.85. The summed E-state index contributed by atoms with van der Waals surface area (Å²) in [4.78, 5) is 25.4. The predicted octanol–water partition coefficient (Wildman–Crippen LogP) is 3.30. The Bertz CT molecular complexity index is 997. The van der Waals surface area contributed by atoms with Gasteiger partial charge in [0.2, 0.25) is 0 Å². The van der Waals surface area contributed by atoms with E-state index in [-0.39, 0.29) is 12.2 Å². The van der Waals surface area contributed by atoms with Gasteiger partial charge >= 0.3 is 0 Å². The van der Waals surface area contributed by atoms with Gasteiger partial charge < -0.3 is 10.4 Å². The van der Waals surface area contributed by atoms with Crippen LogP contribution in [0.4, 0.5) is 5.69 Å². The van der Waals surface area contributed by atoms with Crippen LogP contribution in [0.1, 0.15) is 27.0 Å². The molecule has 128 valence electrons. The Morgan fingerprint density at radius 3 is 2.35 bits per heavy atom. The van der Waals surface area contributed by atoms with Gasteiger partial charge in [0.05, 0.1) is 0 Å². The summed E-state index contributed by atoms with van der Waals surface area (Å²) in [5.74, 6) is -0.600. The third-order valence-electron chi connectivity index (χ3n) is 4.74. The van der Waals surface area contributed by atoms with Gasteiger partial charge in [-0.15, -0.1) is 0 Å². The minimum Gasteiger partial charge on any atom is -0.375 e. The lowest BCUT2D eigenvalue weighted by Gasteiger charge is -2.22. The monoisotopic (exact) mass is 343 g/mol. The number of aliphatic hydroxyl groups is 1. The zero-order chi connectivity index (χ0) is 18.1. The highest BCUT2D eigenvalue weighted by atomic mass is 16.3. The van der Waals surface area contributed by atoms with Crippen LogP contribution in [0, 0.1) is 0 Å². The van der Waals surface area contributed by atoms with E-state index >= 15 is 0 Å². The van der Waals surface area contributed by atoms with Crippen molar-refractivity contribution in [3.05, 3.63) is 101 Å². The molecular formula is C22H17NO3. The van der Waals surface area contributed by atoms with Crippen molar-refractivity contribution < 1.29 is 14.7 Å². The van der Waals surface area contributed by atoms with Crippen molar-refractivity contribution in [3.8, 4) is 0 Å². The van der Waals surface area contributed by atoms with E-state index in [9.17, 15) is 14.7 Å². The first-order valence-electron chi connectivity index (χ1n) is 8.40. The average Bonchev–Trinajstić information content (AvgIpc) is 2.93. The van der Waals surface area contributed by atoms with Crippen LogP contribution in [-0.4, -0.2) is 16.8 Å². The summed E-state index contributed by atoms with van der Waals surface area (Å²) in [6, 6.07) is 23.2. The molecule has 1 aliphatic heterocycles. The molecule has 4 nitrogen and oxygen atoms in total. The molecule has 4 heteroatoms. The molecule has 0 aromatic heterocycles. The molecule has 1 atom stereocenters. The van der Waals surface area contributed by atoms with Gasteiger partial charge in [-0.3, -0.25) is 9.59 Å². The number of fused-ring (bicyclic) bond motifs is 1. The highest BCUT2D eigenvalue weighted by molar-refractivity contribution is 6.10. The summed E-state index contributed by atoms with van der Waals surface area (Å²) < 4.78 is 0. The largest absolute Gasteiger partial charge is 0.375 e. The quantitative estimate of drug-likeness (QED) is 0.714. The Balaban J connectivity index is 1.74. The number of benzene rings is 3. The van der Waals surface area contributed by atoms with Gasteiger partial charge in [-0.05, 0) is 11.6 Å². The van der Waals surface area contributed by atoms with Gasteiger partial charge in [0.1, 0.15) is 0 Å². The van der Waals surface area contributed by atoms with Crippen molar-refractivity contribution in [2.45, 2.75) is 12.0 Å². The molecule has 4 rings (SSSR count). The number of hydrogen-bond donors (Lipinski definition) is 2. The highest BCUT2D eigenvalue weighted by Gasteiger charge is 2.45. The van der Waals surface area contributed by atoms with E-state index in [1.165, 1.54) is 0 Å². The first-order chi connectivity index (χ1) is 12.6. The molecule has 0 radical (unpaired) electrons. The van der Waals surface area contributed by atoms with E-state index in [1.807, 2.05) is 18.2 Å². The summed E-state index contributed by atoms with van der Waals surface area (Å²) in [5.41, 5.74) is 1.14. The molecule has 0 bridgehead atoms. The maximum Gasteiger partial charge on any atom is 0.261 e. The van der Waals surface area contributed by atoms with Crippen molar-refractivity contribution in [2.24, 2.45) is 0 Å². The van der Waals surface area contributed by atoms with Crippen LogP contribution in [0.15, 0.2) is 78.9 Å². The lowest BCUT2D eigenvalue weighted by Crippen LogP contribution is -2.36. The number of ketones is 1. The zero-order valence-corrected chi connectivity index (χ0v) is 14.0. The number of carbonyl (C=O) groups excluding carboxylic acids is 2. The summed E-state index contributed by atoms with van der Waals surface area (Å²) in [5, 5.41) is 13.8.